The molecule has 120 valence electrons. The molecule has 1 aromatic carbocycles. The van der Waals surface area contributed by atoms with E-state index in [1.807, 2.05) is 13.8 Å². The number of nitrogens with zero attached hydrogens (tertiary/aromatic N) is 1. The molecule has 0 bridgehead atoms. The molecule has 21 heavy (non-hydrogen) atoms. The number of benzene rings is 1. The lowest BCUT2D eigenvalue weighted by atomic mass is 9.93. The van der Waals surface area contributed by atoms with Gasteiger partial charge in [0.1, 0.15) is 5.75 Å². The number of ether oxygens (including phenoxy) is 1. The van der Waals surface area contributed by atoms with Gasteiger partial charge in [0.15, 0.2) is 0 Å². The van der Waals surface area contributed by atoms with Gasteiger partial charge < -0.3 is 15.4 Å². The van der Waals surface area contributed by atoms with Crippen LogP contribution in [0.3, 0.4) is 0 Å². The molecule has 1 amide bonds. The van der Waals surface area contributed by atoms with Crippen molar-refractivity contribution in [2.75, 3.05) is 27.2 Å². The lowest BCUT2D eigenvalue weighted by molar-refractivity contribution is 0.0737. The van der Waals surface area contributed by atoms with Gasteiger partial charge in [0.05, 0.1) is 22.7 Å². The maximum Gasteiger partial charge on any atom is 0.257 e. The second-order valence-electron chi connectivity index (χ2n) is 5.50. The molecule has 0 aliphatic rings. The van der Waals surface area contributed by atoms with Crippen LogP contribution in [-0.2, 0) is 0 Å². The molecule has 0 saturated carbocycles. The van der Waals surface area contributed by atoms with E-state index in [1.54, 1.807) is 18.0 Å². The van der Waals surface area contributed by atoms with E-state index < -0.39 is 0 Å². The Bertz CT molecular complexity index is 507. The maximum absolute atomic E-state index is 12.5. The number of hydrogen-bond acceptors (Lipinski definition) is 3. The van der Waals surface area contributed by atoms with E-state index >= 15 is 0 Å². The van der Waals surface area contributed by atoms with E-state index in [0.717, 1.165) is 0 Å². The van der Waals surface area contributed by atoms with Crippen LogP contribution in [0.5, 0.6) is 5.75 Å². The lowest BCUT2D eigenvalue weighted by Crippen LogP contribution is -2.39. The highest BCUT2D eigenvalue weighted by molar-refractivity contribution is 6.42. The number of methoxy groups -OCH3 is 1. The van der Waals surface area contributed by atoms with Crippen molar-refractivity contribution in [2.24, 2.45) is 11.1 Å². The minimum Gasteiger partial charge on any atom is -0.496 e. The van der Waals surface area contributed by atoms with Gasteiger partial charge in [-0.3, -0.25) is 4.79 Å². The molecule has 0 radical (unpaired) electrons. The van der Waals surface area contributed by atoms with Crippen LogP contribution in [0.25, 0.3) is 0 Å². The molecule has 0 unspecified atom stereocenters. The second-order valence-corrected chi connectivity index (χ2v) is 6.31. The summed E-state index contributed by atoms with van der Waals surface area (Å²) in [4.78, 5) is 14.1. The molecule has 1 aromatic rings. The number of carbonyl (C=O) groups excluding carboxylic acids is 1. The molecule has 0 heterocycles. The minimum atomic E-state index is -0.179. The molecule has 0 aromatic heterocycles. The van der Waals surface area contributed by atoms with Crippen molar-refractivity contribution in [2.45, 2.75) is 13.8 Å². The van der Waals surface area contributed by atoms with Crippen LogP contribution in [0.2, 0.25) is 10.0 Å². The van der Waals surface area contributed by atoms with Crippen LogP contribution >= 0.6 is 35.6 Å². The van der Waals surface area contributed by atoms with Crippen molar-refractivity contribution in [3.8, 4) is 5.75 Å². The van der Waals surface area contributed by atoms with Gasteiger partial charge >= 0.3 is 0 Å². The zero-order chi connectivity index (χ0) is 15.5. The predicted octanol–water partition coefficient (Wildman–Crippen LogP) is 3.48. The van der Waals surface area contributed by atoms with Crippen LogP contribution in [0.15, 0.2) is 12.1 Å². The third kappa shape index (κ3) is 5.22. The standard InChI is InChI=1S/C14H20Cl2N2O2.ClH/c1-14(2,7-17)8-18(3)13(19)9-5-10(15)11(16)6-12(9)20-4;/h5-6H,7-8,17H2,1-4H3;1H. The van der Waals surface area contributed by atoms with Gasteiger partial charge in [-0.1, -0.05) is 37.0 Å². The Labute approximate surface area is 141 Å². The van der Waals surface area contributed by atoms with Crippen LogP contribution in [0.4, 0.5) is 0 Å². The smallest absolute Gasteiger partial charge is 0.257 e. The average Bonchev–Trinajstić information content (AvgIpc) is 2.40. The van der Waals surface area contributed by atoms with Crippen molar-refractivity contribution < 1.29 is 9.53 Å². The molecule has 0 spiro atoms. The highest BCUT2D eigenvalue weighted by atomic mass is 35.5. The van der Waals surface area contributed by atoms with Crippen LogP contribution in [0, 0.1) is 5.41 Å². The summed E-state index contributed by atoms with van der Waals surface area (Å²) in [6.45, 7) is 5.03. The van der Waals surface area contributed by atoms with E-state index in [1.165, 1.54) is 13.2 Å². The summed E-state index contributed by atoms with van der Waals surface area (Å²) in [5.74, 6) is 0.226. The highest BCUT2D eigenvalue weighted by Crippen LogP contribution is 2.31. The van der Waals surface area contributed by atoms with Gasteiger partial charge in [0.2, 0.25) is 0 Å². The first kappa shape index (κ1) is 20.3. The third-order valence-corrected chi connectivity index (χ3v) is 3.76. The van der Waals surface area contributed by atoms with Gasteiger partial charge in [-0.25, -0.2) is 0 Å². The molecule has 0 aliphatic heterocycles. The van der Waals surface area contributed by atoms with E-state index in [9.17, 15) is 4.79 Å². The Morgan fingerprint density at radius 1 is 1.33 bits per heavy atom. The maximum atomic E-state index is 12.5. The monoisotopic (exact) mass is 354 g/mol. The number of carbonyl (C=O) groups is 1. The molecule has 4 nitrogen and oxygen atoms in total. The zero-order valence-corrected chi connectivity index (χ0v) is 14.9. The van der Waals surface area contributed by atoms with Crippen molar-refractivity contribution in [1.29, 1.82) is 0 Å². The minimum absolute atomic E-state index is 0. The molecule has 0 aliphatic carbocycles. The highest BCUT2D eigenvalue weighted by Gasteiger charge is 2.24. The van der Waals surface area contributed by atoms with Gasteiger partial charge in [-0.15, -0.1) is 12.4 Å². The number of hydrogen-bond donors (Lipinski definition) is 1. The normalized spacial score (nSPS) is 10.8. The summed E-state index contributed by atoms with van der Waals surface area (Å²) < 4.78 is 5.19. The molecule has 2 N–H and O–H groups in total. The fourth-order valence-electron chi connectivity index (χ4n) is 1.85. The van der Waals surface area contributed by atoms with Crippen molar-refractivity contribution in [3.63, 3.8) is 0 Å². The Morgan fingerprint density at radius 3 is 2.33 bits per heavy atom. The summed E-state index contributed by atoms with van der Waals surface area (Å²) >= 11 is 11.9. The SMILES string of the molecule is COc1cc(Cl)c(Cl)cc1C(=O)N(C)CC(C)(C)CN.Cl. The van der Waals surface area contributed by atoms with Crippen LogP contribution < -0.4 is 10.5 Å². The van der Waals surface area contributed by atoms with E-state index in [4.69, 9.17) is 33.7 Å². The van der Waals surface area contributed by atoms with Crippen LogP contribution in [-0.4, -0.2) is 38.1 Å². The molecular formula is C14H21Cl3N2O2. The van der Waals surface area contributed by atoms with Crippen molar-refractivity contribution in [1.82, 2.24) is 4.90 Å². The largest absolute Gasteiger partial charge is 0.496 e. The number of nitrogens with two attached hydrogens (primary N) is 1. The topological polar surface area (TPSA) is 55.6 Å². The molecule has 0 saturated heterocycles. The summed E-state index contributed by atoms with van der Waals surface area (Å²) in [7, 11) is 3.21. The average molecular weight is 356 g/mol. The first-order valence-corrected chi connectivity index (χ1v) is 6.96. The van der Waals surface area contributed by atoms with Gasteiger partial charge in [-0.2, -0.15) is 0 Å². The molecular weight excluding hydrogens is 335 g/mol. The Hall–Kier alpha value is -0.680. The Morgan fingerprint density at radius 2 is 1.86 bits per heavy atom. The van der Waals surface area contributed by atoms with Gasteiger partial charge in [0, 0.05) is 19.7 Å². The number of halogens is 3. The molecule has 7 heteroatoms. The summed E-state index contributed by atoms with van der Waals surface area (Å²) in [6.07, 6.45) is 0. The first-order chi connectivity index (χ1) is 9.21. The number of amides is 1. The van der Waals surface area contributed by atoms with Crippen LogP contribution in [0.1, 0.15) is 24.2 Å². The molecule has 0 atom stereocenters. The fourth-order valence-corrected chi connectivity index (χ4v) is 2.17. The predicted molar refractivity (Wildman–Crippen MR) is 90.1 cm³/mol. The molecule has 1 rings (SSSR count). The summed E-state index contributed by atoms with van der Waals surface area (Å²) in [5.41, 5.74) is 5.92. The van der Waals surface area contributed by atoms with E-state index in [2.05, 4.69) is 0 Å². The van der Waals surface area contributed by atoms with E-state index in [0.29, 0.717) is 34.4 Å². The summed E-state index contributed by atoms with van der Waals surface area (Å²) in [6, 6.07) is 3.07. The van der Waals surface area contributed by atoms with Gasteiger partial charge in [0.25, 0.3) is 5.91 Å². The third-order valence-electron chi connectivity index (χ3n) is 3.04. The van der Waals surface area contributed by atoms with Gasteiger partial charge in [-0.05, 0) is 18.0 Å². The fraction of sp³-hybridized carbons (Fsp3) is 0.500. The lowest BCUT2D eigenvalue weighted by Gasteiger charge is -2.29. The molecule has 0 fully saturated rings. The summed E-state index contributed by atoms with van der Waals surface area (Å²) in [5, 5.41) is 0.673. The van der Waals surface area contributed by atoms with Crippen molar-refractivity contribution >= 4 is 41.5 Å². The van der Waals surface area contributed by atoms with Crippen molar-refractivity contribution in [3.05, 3.63) is 27.7 Å². The quantitative estimate of drug-likeness (QED) is 0.879. The first-order valence-electron chi connectivity index (χ1n) is 6.20. The van der Waals surface area contributed by atoms with E-state index in [-0.39, 0.29) is 23.7 Å². The Kier molecular flexibility index (Phi) is 7.82. The number of rotatable bonds is 5. The zero-order valence-electron chi connectivity index (χ0n) is 12.6. The Balaban J connectivity index is 0.00000400. The second kappa shape index (κ2) is 8.08.